The summed E-state index contributed by atoms with van der Waals surface area (Å²) in [6.07, 6.45) is 3.32. The molecule has 4 rings (SSSR count). The molecule has 0 saturated carbocycles. The van der Waals surface area contributed by atoms with E-state index in [1.807, 2.05) is 0 Å². The molecular weight excluding hydrogens is 590 g/mol. The van der Waals surface area contributed by atoms with Gasteiger partial charge in [0.15, 0.2) is 5.82 Å². The number of hydrogen-bond donors (Lipinski definition) is 4. The van der Waals surface area contributed by atoms with Gasteiger partial charge < -0.3 is 35.5 Å². The number of likely N-dealkylation sites (N-methyl/N-ethyl adjacent to an activating group) is 1. The molecule has 0 aliphatic carbocycles. The fraction of sp³-hybridized carbons (Fsp3) is 0.300. The van der Waals surface area contributed by atoms with Crippen LogP contribution < -0.4 is 30.7 Å². The number of nitrogens with zero attached hydrogens (tertiary/aromatic N) is 3. The van der Waals surface area contributed by atoms with Gasteiger partial charge in [-0.3, -0.25) is 19.3 Å². The molecule has 2 amide bonds. The number of methoxy groups -OCH3 is 1. The number of para-hydroxylation sites is 1. The zero-order valence-electron chi connectivity index (χ0n) is 24.4. The summed E-state index contributed by atoms with van der Waals surface area (Å²) in [5.74, 6) is -0.766. The zero-order chi connectivity index (χ0) is 31.5. The van der Waals surface area contributed by atoms with Crippen molar-refractivity contribution in [2.45, 2.75) is 6.42 Å². The van der Waals surface area contributed by atoms with E-state index in [9.17, 15) is 14.4 Å². The van der Waals surface area contributed by atoms with Crippen molar-refractivity contribution in [2.24, 2.45) is 0 Å². The van der Waals surface area contributed by atoms with Crippen LogP contribution in [0.3, 0.4) is 0 Å². The van der Waals surface area contributed by atoms with Gasteiger partial charge in [0.25, 0.3) is 11.7 Å². The number of benzene rings is 2. The molecule has 14 heteroatoms. The number of anilines is 5. The van der Waals surface area contributed by atoms with Crippen LogP contribution in [0.25, 0.3) is 0 Å². The lowest BCUT2D eigenvalue weighted by molar-refractivity contribution is -0.116. The molecule has 1 fully saturated rings. The highest BCUT2D eigenvalue weighted by Crippen LogP contribution is 2.38. The standard InChI is InChI=1S/C30H34ClN7O6/c1-4-26(39)34-23-16-22(24(42-3)17-25(23)44-13-7-10-38-11-14-43-15-12-38)36-30-33-18-20(31)28(37-30)35-21-9-6-5-8-19(21)27(40)29(41)32-2/h4-6,8-9,16-18H,1,7,10-15H2,2-3H3,(H,32,41)(H,34,39)(H2,33,35,36,37). The first-order valence-corrected chi connectivity index (χ1v) is 14.2. The molecule has 2 aromatic carbocycles. The lowest BCUT2D eigenvalue weighted by Crippen LogP contribution is -2.37. The number of aromatic nitrogens is 2. The molecule has 1 aliphatic heterocycles. The Hall–Kier alpha value is -4.72. The predicted octanol–water partition coefficient (Wildman–Crippen LogP) is 3.78. The van der Waals surface area contributed by atoms with Crippen molar-refractivity contribution in [3.63, 3.8) is 0 Å². The van der Waals surface area contributed by atoms with Crippen LogP contribution >= 0.6 is 11.6 Å². The summed E-state index contributed by atoms with van der Waals surface area (Å²) in [5.41, 5.74) is 1.28. The molecule has 1 aliphatic rings. The quantitative estimate of drug-likeness (QED) is 0.0897. The molecule has 0 unspecified atom stereocenters. The number of ether oxygens (including phenoxy) is 3. The molecule has 0 radical (unpaired) electrons. The largest absolute Gasteiger partial charge is 0.494 e. The fourth-order valence-electron chi connectivity index (χ4n) is 4.31. The van der Waals surface area contributed by atoms with Crippen molar-refractivity contribution < 1.29 is 28.6 Å². The fourth-order valence-corrected chi connectivity index (χ4v) is 4.45. The van der Waals surface area contributed by atoms with Crippen LogP contribution in [0.2, 0.25) is 5.02 Å². The first-order valence-electron chi connectivity index (χ1n) is 13.8. The molecule has 232 valence electrons. The Labute approximate surface area is 259 Å². The average molecular weight is 624 g/mol. The average Bonchev–Trinajstić information content (AvgIpc) is 3.05. The van der Waals surface area contributed by atoms with Crippen molar-refractivity contribution in [3.05, 3.63) is 65.8 Å². The lowest BCUT2D eigenvalue weighted by Gasteiger charge is -2.26. The van der Waals surface area contributed by atoms with E-state index in [0.717, 1.165) is 45.3 Å². The number of amides is 2. The maximum Gasteiger partial charge on any atom is 0.292 e. The van der Waals surface area contributed by atoms with Gasteiger partial charge in [0.1, 0.15) is 16.5 Å². The molecule has 1 aromatic heterocycles. The van der Waals surface area contributed by atoms with E-state index in [2.05, 4.69) is 42.7 Å². The molecule has 13 nitrogen and oxygen atoms in total. The summed E-state index contributed by atoms with van der Waals surface area (Å²) < 4.78 is 17.0. The smallest absolute Gasteiger partial charge is 0.292 e. The Balaban J connectivity index is 1.55. The Morgan fingerprint density at radius 3 is 2.59 bits per heavy atom. The molecule has 0 spiro atoms. The van der Waals surface area contributed by atoms with Gasteiger partial charge >= 0.3 is 0 Å². The van der Waals surface area contributed by atoms with Gasteiger partial charge in [-0.2, -0.15) is 4.98 Å². The summed E-state index contributed by atoms with van der Waals surface area (Å²) >= 11 is 6.37. The van der Waals surface area contributed by atoms with Crippen LogP contribution in [0.1, 0.15) is 16.8 Å². The number of carbonyl (C=O) groups is 3. The second-order valence-electron chi connectivity index (χ2n) is 9.49. The number of nitrogens with one attached hydrogen (secondary N) is 4. The SMILES string of the molecule is C=CC(=O)Nc1cc(Nc2ncc(Cl)c(Nc3ccccc3C(=O)C(=O)NC)n2)c(OC)cc1OCCCN1CCOCC1. The van der Waals surface area contributed by atoms with E-state index in [4.69, 9.17) is 25.8 Å². The van der Waals surface area contributed by atoms with Crippen LogP contribution in [-0.2, 0) is 14.3 Å². The summed E-state index contributed by atoms with van der Waals surface area (Å²) in [5, 5.41) is 11.4. The number of halogens is 1. The Kier molecular flexibility index (Phi) is 11.5. The van der Waals surface area contributed by atoms with Gasteiger partial charge in [-0.25, -0.2) is 4.98 Å². The monoisotopic (exact) mass is 623 g/mol. The Morgan fingerprint density at radius 1 is 1.09 bits per heavy atom. The molecule has 4 N–H and O–H groups in total. The number of rotatable bonds is 14. The highest BCUT2D eigenvalue weighted by atomic mass is 35.5. The molecule has 1 saturated heterocycles. The van der Waals surface area contributed by atoms with E-state index < -0.39 is 17.6 Å². The normalized spacial score (nSPS) is 13.0. The van der Waals surface area contributed by atoms with Crippen LogP contribution in [0, 0.1) is 0 Å². The minimum absolute atomic E-state index is 0.130. The molecular formula is C30H34ClN7O6. The summed E-state index contributed by atoms with van der Waals surface area (Å²) in [6, 6.07) is 9.78. The van der Waals surface area contributed by atoms with E-state index in [-0.39, 0.29) is 22.4 Å². The van der Waals surface area contributed by atoms with Crippen LogP contribution in [0.4, 0.5) is 28.8 Å². The van der Waals surface area contributed by atoms with E-state index in [1.54, 1.807) is 30.3 Å². The number of morpholine rings is 1. The van der Waals surface area contributed by atoms with E-state index >= 15 is 0 Å². The van der Waals surface area contributed by atoms with Crippen molar-refractivity contribution in [1.82, 2.24) is 20.2 Å². The minimum Gasteiger partial charge on any atom is -0.494 e. The lowest BCUT2D eigenvalue weighted by atomic mass is 10.1. The molecule has 0 atom stereocenters. The second-order valence-corrected chi connectivity index (χ2v) is 9.90. The zero-order valence-corrected chi connectivity index (χ0v) is 25.2. The van der Waals surface area contributed by atoms with Crippen molar-refractivity contribution in [2.75, 3.05) is 69.6 Å². The summed E-state index contributed by atoms with van der Waals surface area (Å²) in [6.45, 7) is 8.04. The van der Waals surface area contributed by atoms with Crippen molar-refractivity contribution in [1.29, 1.82) is 0 Å². The maximum atomic E-state index is 12.6. The maximum absolute atomic E-state index is 12.6. The number of hydrogen-bond acceptors (Lipinski definition) is 11. The highest BCUT2D eigenvalue weighted by molar-refractivity contribution is 6.44. The molecule has 0 bridgehead atoms. The molecule has 44 heavy (non-hydrogen) atoms. The third-order valence-electron chi connectivity index (χ3n) is 6.57. The Morgan fingerprint density at radius 2 is 1.86 bits per heavy atom. The van der Waals surface area contributed by atoms with Gasteiger partial charge in [-0.05, 0) is 30.7 Å². The van der Waals surface area contributed by atoms with Crippen LogP contribution in [0.15, 0.2) is 55.3 Å². The van der Waals surface area contributed by atoms with Gasteiger partial charge in [-0.1, -0.05) is 30.3 Å². The van der Waals surface area contributed by atoms with Crippen LogP contribution in [-0.4, -0.2) is 86.1 Å². The van der Waals surface area contributed by atoms with E-state index in [0.29, 0.717) is 35.2 Å². The van der Waals surface area contributed by atoms with Gasteiger partial charge in [0.2, 0.25) is 11.9 Å². The van der Waals surface area contributed by atoms with Crippen LogP contribution in [0.5, 0.6) is 11.5 Å². The summed E-state index contributed by atoms with van der Waals surface area (Å²) in [4.78, 5) is 47.8. The third kappa shape index (κ3) is 8.43. The third-order valence-corrected chi connectivity index (χ3v) is 6.85. The minimum atomic E-state index is -0.758. The van der Waals surface area contributed by atoms with Gasteiger partial charge in [0.05, 0.1) is 55.8 Å². The number of Topliss-reactive ketones (excluding diaryl/α,β-unsaturated/α-hetero) is 1. The van der Waals surface area contributed by atoms with Gasteiger partial charge in [0, 0.05) is 32.7 Å². The highest BCUT2D eigenvalue weighted by Gasteiger charge is 2.20. The topological polar surface area (TPSA) is 156 Å². The molecule has 2 heterocycles. The van der Waals surface area contributed by atoms with Crippen molar-refractivity contribution in [3.8, 4) is 11.5 Å². The van der Waals surface area contributed by atoms with E-state index in [1.165, 1.54) is 26.4 Å². The summed E-state index contributed by atoms with van der Waals surface area (Å²) in [7, 11) is 2.88. The predicted molar refractivity (Wildman–Crippen MR) is 168 cm³/mol. The first-order chi connectivity index (χ1) is 21.3. The van der Waals surface area contributed by atoms with Gasteiger partial charge in [-0.15, -0.1) is 0 Å². The first kappa shape index (κ1) is 32.2. The van der Waals surface area contributed by atoms with Crippen molar-refractivity contribution >= 4 is 58.0 Å². The number of ketones is 1. The Bertz CT molecular complexity index is 1510. The number of carbonyl (C=O) groups excluding carboxylic acids is 3. The second kappa shape index (κ2) is 15.7. The molecule has 3 aromatic rings.